The molecule has 0 saturated heterocycles. The molecular formula is C8H12BrN. The zero-order chi connectivity index (χ0) is 8.15. The Hall–Kier alpha value is -0.370. The molecule has 0 aromatic rings. The number of hydrogen-bond acceptors (Lipinski definition) is 1. The highest BCUT2D eigenvalue weighted by Crippen LogP contribution is 2.15. The molecule has 0 fully saturated rings. The third-order valence-corrected chi connectivity index (χ3v) is 1.80. The Morgan fingerprint density at radius 2 is 2.00 bits per heavy atom. The van der Waals surface area contributed by atoms with Crippen molar-refractivity contribution in [1.82, 2.24) is 0 Å². The van der Waals surface area contributed by atoms with Crippen LogP contribution in [0.1, 0.15) is 20.8 Å². The zero-order valence-corrected chi connectivity index (χ0v) is 8.20. The largest absolute Gasteiger partial charge is 0.258 e. The zero-order valence-electron chi connectivity index (χ0n) is 6.61. The van der Waals surface area contributed by atoms with E-state index in [1.165, 1.54) is 0 Å². The van der Waals surface area contributed by atoms with Gasteiger partial charge in [-0.25, -0.2) is 0 Å². The van der Waals surface area contributed by atoms with Gasteiger partial charge in [0, 0.05) is 10.2 Å². The SMILES string of the molecule is C=C(N=C(C)C)/C(Br)=C\C. The predicted octanol–water partition coefficient (Wildman–Crippen LogP) is 3.28. The minimum Gasteiger partial charge on any atom is -0.258 e. The van der Waals surface area contributed by atoms with Gasteiger partial charge in [-0.2, -0.15) is 0 Å². The van der Waals surface area contributed by atoms with E-state index < -0.39 is 0 Å². The first-order chi connectivity index (χ1) is 4.57. The quantitative estimate of drug-likeness (QED) is 0.481. The summed E-state index contributed by atoms with van der Waals surface area (Å²) in [5.74, 6) is 0. The van der Waals surface area contributed by atoms with E-state index in [-0.39, 0.29) is 0 Å². The number of allylic oxidation sites excluding steroid dienone is 2. The predicted molar refractivity (Wildman–Crippen MR) is 50.6 cm³/mol. The van der Waals surface area contributed by atoms with Crippen molar-refractivity contribution in [1.29, 1.82) is 0 Å². The molecule has 0 heterocycles. The highest BCUT2D eigenvalue weighted by Gasteiger charge is 1.92. The first-order valence-corrected chi connectivity index (χ1v) is 3.90. The fraction of sp³-hybridized carbons (Fsp3) is 0.375. The normalized spacial score (nSPS) is 11.0. The van der Waals surface area contributed by atoms with Gasteiger partial charge >= 0.3 is 0 Å². The van der Waals surface area contributed by atoms with Crippen LogP contribution < -0.4 is 0 Å². The maximum Gasteiger partial charge on any atom is 0.0695 e. The molecule has 0 aliphatic heterocycles. The second-order valence-corrected chi connectivity index (χ2v) is 3.00. The molecule has 0 atom stereocenters. The van der Waals surface area contributed by atoms with Gasteiger partial charge in [0.2, 0.25) is 0 Å². The average molecular weight is 202 g/mol. The first kappa shape index (κ1) is 9.63. The minimum absolute atomic E-state index is 0.780. The van der Waals surface area contributed by atoms with Gasteiger partial charge in [-0.1, -0.05) is 12.7 Å². The molecule has 0 rings (SSSR count). The Bertz CT molecular complexity index is 185. The lowest BCUT2D eigenvalue weighted by atomic mass is 10.4. The third kappa shape index (κ3) is 3.62. The lowest BCUT2D eigenvalue weighted by molar-refractivity contribution is 1.38. The molecular weight excluding hydrogens is 190 g/mol. The van der Waals surface area contributed by atoms with Crippen molar-refractivity contribution in [2.75, 3.05) is 0 Å². The maximum atomic E-state index is 4.16. The van der Waals surface area contributed by atoms with Crippen molar-refractivity contribution in [3.05, 3.63) is 22.8 Å². The van der Waals surface area contributed by atoms with Crippen LogP contribution in [0.3, 0.4) is 0 Å². The number of halogens is 1. The van der Waals surface area contributed by atoms with Crippen LogP contribution in [0.5, 0.6) is 0 Å². The van der Waals surface area contributed by atoms with Gasteiger partial charge in [-0.3, -0.25) is 4.99 Å². The van der Waals surface area contributed by atoms with E-state index in [0.717, 1.165) is 15.9 Å². The van der Waals surface area contributed by atoms with Gasteiger partial charge in [-0.05, 0) is 36.7 Å². The maximum absolute atomic E-state index is 4.16. The van der Waals surface area contributed by atoms with Crippen molar-refractivity contribution in [2.24, 2.45) is 4.99 Å². The molecule has 0 N–H and O–H groups in total. The third-order valence-electron chi connectivity index (χ3n) is 0.888. The molecule has 1 nitrogen and oxygen atoms in total. The van der Waals surface area contributed by atoms with Crippen LogP contribution in [-0.2, 0) is 0 Å². The molecule has 0 radical (unpaired) electrons. The Labute approximate surface area is 70.7 Å². The topological polar surface area (TPSA) is 12.4 Å². The Kier molecular flexibility index (Phi) is 4.28. The van der Waals surface area contributed by atoms with E-state index in [0.29, 0.717) is 0 Å². The van der Waals surface area contributed by atoms with Crippen LogP contribution >= 0.6 is 15.9 Å². The molecule has 0 aliphatic carbocycles. The summed E-state index contributed by atoms with van der Waals surface area (Å²) < 4.78 is 0.953. The minimum atomic E-state index is 0.780. The van der Waals surface area contributed by atoms with Gasteiger partial charge < -0.3 is 0 Å². The van der Waals surface area contributed by atoms with Crippen LogP contribution in [0, 0.1) is 0 Å². The standard InChI is InChI=1S/C8H12BrN/c1-5-8(9)7(4)10-6(2)3/h5H,4H2,1-3H3/b8-5+. The van der Waals surface area contributed by atoms with Crippen LogP contribution in [0.25, 0.3) is 0 Å². The first-order valence-electron chi connectivity index (χ1n) is 3.11. The fourth-order valence-corrected chi connectivity index (χ4v) is 0.579. The summed E-state index contributed by atoms with van der Waals surface area (Å²) in [6.07, 6.45) is 1.93. The average Bonchev–Trinajstić information content (AvgIpc) is 1.85. The smallest absolute Gasteiger partial charge is 0.0695 e. The summed E-state index contributed by atoms with van der Waals surface area (Å²) in [6, 6.07) is 0. The highest BCUT2D eigenvalue weighted by atomic mass is 79.9. The molecule has 2 heteroatoms. The summed E-state index contributed by atoms with van der Waals surface area (Å²) >= 11 is 3.33. The van der Waals surface area contributed by atoms with Crippen LogP contribution in [0.4, 0.5) is 0 Å². The van der Waals surface area contributed by atoms with Gasteiger partial charge in [0.05, 0.1) is 5.70 Å². The molecule has 0 saturated carbocycles. The summed E-state index contributed by atoms with van der Waals surface area (Å²) in [4.78, 5) is 4.16. The number of aliphatic imine (C=N–C) groups is 1. The molecule has 0 aromatic carbocycles. The van der Waals surface area contributed by atoms with Crippen LogP contribution in [-0.4, -0.2) is 5.71 Å². The van der Waals surface area contributed by atoms with Gasteiger partial charge in [0.15, 0.2) is 0 Å². The Morgan fingerprint density at radius 1 is 1.50 bits per heavy atom. The number of nitrogens with zero attached hydrogens (tertiary/aromatic N) is 1. The second-order valence-electron chi connectivity index (χ2n) is 2.14. The highest BCUT2D eigenvalue weighted by molar-refractivity contribution is 9.11. The summed E-state index contributed by atoms with van der Waals surface area (Å²) in [5, 5.41) is 0. The van der Waals surface area contributed by atoms with Crippen molar-refractivity contribution >= 4 is 21.6 Å². The van der Waals surface area contributed by atoms with Crippen LogP contribution in [0.15, 0.2) is 27.8 Å². The Balaban J connectivity index is 4.26. The van der Waals surface area contributed by atoms with Crippen molar-refractivity contribution < 1.29 is 0 Å². The molecule has 0 unspecified atom stereocenters. The van der Waals surface area contributed by atoms with Crippen molar-refractivity contribution in [2.45, 2.75) is 20.8 Å². The lowest BCUT2D eigenvalue weighted by Crippen LogP contribution is -1.82. The number of rotatable bonds is 2. The molecule has 0 aromatic heterocycles. The van der Waals surface area contributed by atoms with Gasteiger partial charge in [0.25, 0.3) is 0 Å². The molecule has 0 amide bonds. The second kappa shape index (κ2) is 4.45. The van der Waals surface area contributed by atoms with E-state index in [9.17, 15) is 0 Å². The molecule has 0 aliphatic rings. The van der Waals surface area contributed by atoms with Gasteiger partial charge in [-0.15, -0.1) is 0 Å². The van der Waals surface area contributed by atoms with E-state index in [2.05, 4.69) is 27.5 Å². The van der Waals surface area contributed by atoms with Crippen LogP contribution in [0.2, 0.25) is 0 Å². The van der Waals surface area contributed by atoms with E-state index in [4.69, 9.17) is 0 Å². The van der Waals surface area contributed by atoms with Gasteiger partial charge in [0.1, 0.15) is 0 Å². The molecule has 0 bridgehead atoms. The number of hydrogen-bond donors (Lipinski definition) is 0. The van der Waals surface area contributed by atoms with Crippen molar-refractivity contribution in [3.8, 4) is 0 Å². The molecule has 10 heavy (non-hydrogen) atoms. The summed E-state index contributed by atoms with van der Waals surface area (Å²) in [7, 11) is 0. The Morgan fingerprint density at radius 3 is 2.30 bits per heavy atom. The van der Waals surface area contributed by atoms with E-state index in [1.54, 1.807) is 0 Å². The van der Waals surface area contributed by atoms with E-state index in [1.807, 2.05) is 26.8 Å². The summed E-state index contributed by atoms with van der Waals surface area (Å²) in [5.41, 5.74) is 1.80. The van der Waals surface area contributed by atoms with E-state index >= 15 is 0 Å². The van der Waals surface area contributed by atoms with Crippen molar-refractivity contribution in [3.63, 3.8) is 0 Å². The summed E-state index contributed by atoms with van der Waals surface area (Å²) in [6.45, 7) is 9.59. The molecule has 56 valence electrons. The fourth-order valence-electron chi connectivity index (χ4n) is 0.490. The lowest BCUT2D eigenvalue weighted by Gasteiger charge is -1.96. The monoisotopic (exact) mass is 201 g/mol. The molecule has 0 spiro atoms.